The molecule has 23 heavy (non-hydrogen) atoms. The van der Waals surface area contributed by atoms with Crippen molar-refractivity contribution in [3.05, 3.63) is 58.5 Å². The Labute approximate surface area is 131 Å². The third-order valence-electron chi connectivity index (χ3n) is 3.66. The number of carbonyl (C=O) groups is 1. The molecule has 0 aliphatic heterocycles. The number of phenolic OH excluding ortho intramolecular Hbond substituents is 2. The maximum atomic E-state index is 12.8. The number of benzene rings is 2. The van der Waals surface area contributed by atoms with Crippen molar-refractivity contribution in [3.63, 3.8) is 0 Å². The van der Waals surface area contributed by atoms with Gasteiger partial charge in [0.2, 0.25) is 0 Å². The van der Waals surface area contributed by atoms with E-state index in [0.717, 1.165) is 6.07 Å². The van der Waals surface area contributed by atoms with E-state index in [0.29, 0.717) is 16.5 Å². The number of carboxylic acids is 1. The van der Waals surface area contributed by atoms with E-state index < -0.39 is 11.5 Å². The van der Waals surface area contributed by atoms with Crippen LogP contribution in [0.1, 0.15) is 10.4 Å². The highest BCUT2D eigenvalue weighted by molar-refractivity contribution is 6.39. The molecule has 2 aromatic carbocycles. The summed E-state index contributed by atoms with van der Waals surface area (Å²) in [6, 6.07) is 8.44. The normalized spacial score (nSPS) is 10.8. The van der Waals surface area contributed by atoms with Gasteiger partial charge in [-0.25, -0.2) is 4.79 Å². The Balaban J connectivity index is 2.43. The second-order valence-corrected chi connectivity index (χ2v) is 5.22. The first-order valence-electron chi connectivity index (χ1n) is 6.80. The number of nitrogens with zero attached hydrogens (tertiary/aromatic N) is 1. The van der Waals surface area contributed by atoms with Gasteiger partial charge in [-0.1, -0.05) is 5.46 Å². The van der Waals surface area contributed by atoms with Crippen molar-refractivity contribution in [1.82, 2.24) is 4.57 Å². The SMILES string of the molecule is Bc1cn(-c2ccc(O)cc2)c(=O)c2c(C(=O)O)cc(O)cc12. The van der Waals surface area contributed by atoms with E-state index >= 15 is 0 Å². The molecule has 7 heteroatoms. The number of fused-ring (bicyclic) bond motifs is 1. The largest absolute Gasteiger partial charge is 0.508 e. The summed E-state index contributed by atoms with van der Waals surface area (Å²) in [7, 11) is 1.73. The van der Waals surface area contributed by atoms with Crippen LogP contribution in [-0.4, -0.2) is 33.7 Å². The van der Waals surface area contributed by atoms with Gasteiger partial charge < -0.3 is 15.3 Å². The summed E-state index contributed by atoms with van der Waals surface area (Å²) < 4.78 is 1.32. The summed E-state index contributed by atoms with van der Waals surface area (Å²) in [6.45, 7) is 0. The molecule has 0 spiro atoms. The van der Waals surface area contributed by atoms with Gasteiger partial charge in [-0.05, 0) is 41.8 Å². The monoisotopic (exact) mass is 309 g/mol. The highest BCUT2D eigenvalue weighted by Crippen LogP contribution is 2.22. The quantitative estimate of drug-likeness (QED) is 0.594. The molecule has 3 rings (SSSR count). The number of hydrogen-bond acceptors (Lipinski definition) is 4. The van der Waals surface area contributed by atoms with Crippen LogP contribution in [0.4, 0.5) is 0 Å². The summed E-state index contributed by atoms with van der Waals surface area (Å²) in [5, 5.41) is 28.8. The molecule has 0 bridgehead atoms. The number of aromatic hydroxyl groups is 2. The second-order valence-electron chi connectivity index (χ2n) is 5.22. The van der Waals surface area contributed by atoms with E-state index in [1.165, 1.54) is 22.8 Å². The molecule has 3 aromatic rings. The Morgan fingerprint density at radius 2 is 1.70 bits per heavy atom. The zero-order valence-electron chi connectivity index (χ0n) is 12.1. The van der Waals surface area contributed by atoms with Crippen molar-refractivity contribution in [2.45, 2.75) is 0 Å². The van der Waals surface area contributed by atoms with Crippen molar-refractivity contribution >= 4 is 30.1 Å². The number of aromatic carboxylic acids is 1. The Kier molecular flexibility index (Phi) is 3.33. The van der Waals surface area contributed by atoms with Gasteiger partial charge in [0.25, 0.3) is 5.56 Å². The zero-order valence-corrected chi connectivity index (χ0v) is 12.1. The fourth-order valence-electron chi connectivity index (χ4n) is 2.58. The number of carboxylic acid groups (broad SMARTS) is 1. The van der Waals surface area contributed by atoms with Crippen LogP contribution in [0.5, 0.6) is 11.5 Å². The summed E-state index contributed by atoms with van der Waals surface area (Å²) in [6.07, 6.45) is 1.57. The maximum absolute atomic E-state index is 12.8. The highest BCUT2D eigenvalue weighted by Gasteiger charge is 2.17. The van der Waals surface area contributed by atoms with Crippen LogP contribution < -0.4 is 11.0 Å². The first-order valence-corrected chi connectivity index (χ1v) is 6.80. The molecule has 6 nitrogen and oxygen atoms in total. The first kappa shape index (κ1) is 14.7. The molecule has 1 heterocycles. The van der Waals surface area contributed by atoms with Crippen molar-refractivity contribution in [2.75, 3.05) is 0 Å². The molecular formula is C16H12BNO5. The smallest absolute Gasteiger partial charge is 0.336 e. The number of hydrogen-bond donors (Lipinski definition) is 3. The van der Waals surface area contributed by atoms with Gasteiger partial charge in [0, 0.05) is 11.9 Å². The van der Waals surface area contributed by atoms with E-state index in [1.54, 1.807) is 26.2 Å². The fourth-order valence-corrected chi connectivity index (χ4v) is 2.58. The predicted molar refractivity (Wildman–Crippen MR) is 88.0 cm³/mol. The lowest BCUT2D eigenvalue weighted by atomic mass is 9.90. The number of rotatable bonds is 2. The molecule has 0 saturated carbocycles. The minimum atomic E-state index is -1.29. The zero-order chi connectivity index (χ0) is 16.7. The van der Waals surface area contributed by atoms with Crippen molar-refractivity contribution in [1.29, 1.82) is 0 Å². The van der Waals surface area contributed by atoms with Gasteiger partial charge in [0.1, 0.15) is 19.3 Å². The van der Waals surface area contributed by atoms with Crippen LogP contribution >= 0.6 is 0 Å². The van der Waals surface area contributed by atoms with Gasteiger partial charge in [-0.2, -0.15) is 0 Å². The highest BCUT2D eigenvalue weighted by atomic mass is 16.4. The third kappa shape index (κ3) is 2.42. The summed E-state index contributed by atoms with van der Waals surface area (Å²) in [5.74, 6) is -1.43. The molecule has 0 saturated heterocycles. The van der Waals surface area contributed by atoms with Crippen LogP contribution in [-0.2, 0) is 0 Å². The Hall–Kier alpha value is -3.22. The van der Waals surface area contributed by atoms with Gasteiger partial charge in [-0.3, -0.25) is 9.36 Å². The van der Waals surface area contributed by atoms with E-state index in [4.69, 9.17) is 0 Å². The lowest BCUT2D eigenvalue weighted by Crippen LogP contribution is -2.26. The average molecular weight is 309 g/mol. The van der Waals surface area contributed by atoms with Crippen LogP contribution in [0, 0.1) is 0 Å². The predicted octanol–water partition coefficient (Wildman–Crippen LogP) is 0.358. The van der Waals surface area contributed by atoms with Crippen molar-refractivity contribution in [2.24, 2.45) is 0 Å². The summed E-state index contributed by atoms with van der Waals surface area (Å²) >= 11 is 0. The third-order valence-corrected chi connectivity index (χ3v) is 3.66. The topological polar surface area (TPSA) is 99.8 Å². The van der Waals surface area contributed by atoms with Crippen molar-refractivity contribution < 1.29 is 20.1 Å². The number of pyridine rings is 1. The molecule has 0 amide bonds. The van der Waals surface area contributed by atoms with Crippen LogP contribution in [0.25, 0.3) is 16.5 Å². The van der Waals surface area contributed by atoms with Gasteiger partial charge >= 0.3 is 5.97 Å². The Morgan fingerprint density at radius 1 is 1.04 bits per heavy atom. The molecule has 0 fully saturated rings. The standard InChI is InChI=1S/C16H12BNO5/c17-13-7-18(8-1-3-9(19)4-2-8)15(21)14-11(13)5-10(20)6-12(14)16(22)23/h1-7,19-20H,17H2,(H,22,23). The van der Waals surface area contributed by atoms with E-state index in [2.05, 4.69) is 0 Å². The maximum Gasteiger partial charge on any atom is 0.336 e. The molecule has 0 atom stereocenters. The van der Waals surface area contributed by atoms with Gasteiger partial charge in [0.05, 0.1) is 10.9 Å². The number of phenols is 2. The molecule has 3 N–H and O–H groups in total. The molecule has 114 valence electrons. The first-order chi connectivity index (χ1) is 10.9. The fraction of sp³-hybridized carbons (Fsp3) is 0. The Bertz CT molecular complexity index is 992. The minimum Gasteiger partial charge on any atom is -0.508 e. The molecule has 1 aromatic heterocycles. The second kappa shape index (κ2) is 5.21. The van der Waals surface area contributed by atoms with Crippen LogP contribution in [0.15, 0.2) is 47.4 Å². The lowest BCUT2D eigenvalue weighted by Gasteiger charge is -2.12. The molecule has 0 aliphatic carbocycles. The lowest BCUT2D eigenvalue weighted by molar-refractivity contribution is 0.0698. The number of aromatic nitrogens is 1. The van der Waals surface area contributed by atoms with E-state index in [1.807, 2.05) is 0 Å². The van der Waals surface area contributed by atoms with Gasteiger partial charge in [0.15, 0.2) is 0 Å². The minimum absolute atomic E-state index is 0.0309. The van der Waals surface area contributed by atoms with E-state index in [-0.39, 0.29) is 22.4 Å². The molecule has 0 unspecified atom stereocenters. The van der Waals surface area contributed by atoms with Crippen LogP contribution in [0.2, 0.25) is 0 Å². The van der Waals surface area contributed by atoms with Gasteiger partial charge in [-0.15, -0.1) is 0 Å². The van der Waals surface area contributed by atoms with Crippen molar-refractivity contribution in [3.8, 4) is 17.2 Å². The summed E-state index contributed by atoms with van der Waals surface area (Å²) in [5.41, 5.74) is 0.392. The summed E-state index contributed by atoms with van der Waals surface area (Å²) in [4.78, 5) is 24.2. The molecule has 0 radical (unpaired) electrons. The molecular weight excluding hydrogens is 297 g/mol. The Morgan fingerprint density at radius 3 is 2.30 bits per heavy atom. The van der Waals surface area contributed by atoms with E-state index in [9.17, 15) is 24.9 Å². The average Bonchev–Trinajstić information content (AvgIpc) is 2.51. The molecule has 0 aliphatic rings. The van der Waals surface area contributed by atoms with Crippen LogP contribution in [0.3, 0.4) is 0 Å².